The normalized spacial score (nSPS) is 10.5. The molecule has 1 N–H and O–H groups in total. The number of ether oxygens (including phenoxy) is 1. The number of nitrogens with one attached hydrogen (secondary N) is 1. The van der Waals surface area contributed by atoms with Crippen LogP contribution in [-0.4, -0.2) is 14.9 Å². The fraction of sp³-hybridized carbons (Fsp3) is 0.111. The van der Waals surface area contributed by atoms with Crippen LogP contribution in [0, 0.1) is 24.0 Å². The molecule has 27 heavy (non-hydrogen) atoms. The minimum absolute atomic E-state index is 0.00407. The Hall–Kier alpha value is -2.90. The fourth-order valence-corrected chi connectivity index (χ4v) is 2.59. The van der Waals surface area contributed by atoms with Crippen LogP contribution in [0.3, 0.4) is 0 Å². The maximum absolute atomic E-state index is 11.6. The standard InChI is InChI=1S/C18H14Cl2N4O3/c1-10-3-4-12(8-15(10)20)23-17-16(24(25)26)18(22-9-21-17)27-13-5-6-14(19)11(2)7-13/h3-9H,1-2H3,(H,21,22,23). The highest BCUT2D eigenvalue weighted by Gasteiger charge is 2.25. The van der Waals surface area contributed by atoms with Gasteiger partial charge in [-0.2, -0.15) is 4.98 Å². The first kappa shape index (κ1) is 18.9. The number of nitrogens with zero attached hydrogens (tertiary/aromatic N) is 3. The lowest BCUT2D eigenvalue weighted by Gasteiger charge is -2.10. The number of aryl methyl sites for hydroxylation is 2. The first-order valence-electron chi connectivity index (χ1n) is 7.81. The van der Waals surface area contributed by atoms with Crippen molar-refractivity contribution in [1.29, 1.82) is 0 Å². The van der Waals surface area contributed by atoms with Crippen molar-refractivity contribution >= 4 is 40.4 Å². The molecule has 0 atom stereocenters. The molecule has 0 saturated heterocycles. The molecule has 0 spiro atoms. The van der Waals surface area contributed by atoms with Crippen LogP contribution < -0.4 is 10.1 Å². The van der Waals surface area contributed by atoms with Gasteiger partial charge < -0.3 is 10.1 Å². The van der Waals surface area contributed by atoms with Gasteiger partial charge in [0.25, 0.3) is 0 Å². The van der Waals surface area contributed by atoms with Crippen LogP contribution in [-0.2, 0) is 0 Å². The number of nitro groups is 1. The SMILES string of the molecule is Cc1cc(Oc2ncnc(Nc3ccc(C)c(Cl)c3)c2[N+](=O)[O-])ccc1Cl. The Morgan fingerprint density at radius 3 is 2.48 bits per heavy atom. The van der Waals surface area contributed by atoms with E-state index in [1.54, 1.807) is 43.3 Å². The number of anilines is 2. The highest BCUT2D eigenvalue weighted by atomic mass is 35.5. The van der Waals surface area contributed by atoms with Crippen molar-refractivity contribution in [2.45, 2.75) is 13.8 Å². The van der Waals surface area contributed by atoms with E-state index in [0.29, 0.717) is 21.5 Å². The summed E-state index contributed by atoms with van der Waals surface area (Å²) in [4.78, 5) is 18.9. The lowest BCUT2D eigenvalue weighted by atomic mass is 10.2. The zero-order valence-corrected chi connectivity index (χ0v) is 15.9. The smallest absolute Gasteiger partial charge is 0.373 e. The van der Waals surface area contributed by atoms with Crippen molar-refractivity contribution in [2.24, 2.45) is 0 Å². The second-order valence-electron chi connectivity index (χ2n) is 5.74. The van der Waals surface area contributed by atoms with Gasteiger partial charge in [-0.3, -0.25) is 10.1 Å². The van der Waals surface area contributed by atoms with Gasteiger partial charge in [0.1, 0.15) is 12.1 Å². The Balaban J connectivity index is 1.97. The Kier molecular flexibility index (Phi) is 5.43. The molecule has 3 aromatic rings. The molecule has 0 saturated carbocycles. The maximum Gasteiger partial charge on any atom is 0.373 e. The van der Waals surface area contributed by atoms with Crippen LogP contribution in [0.15, 0.2) is 42.7 Å². The highest BCUT2D eigenvalue weighted by Crippen LogP contribution is 2.36. The number of hydrogen-bond acceptors (Lipinski definition) is 6. The van der Waals surface area contributed by atoms with Crippen molar-refractivity contribution in [3.63, 3.8) is 0 Å². The largest absolute Gasteiger partial charge is 0.434 e. The van der Waals surface area contributed by atoms with Gasteiger partial charge in [-0.15, -0.1) is 0 Å². The van der Waals surface area contributed by atoms with Crippen molar-refractivity contribution in [2.75, 3.05) is 5.32 Å². The number of halogens is 2. The van der Waals surface area contributed by atoms with Crippen molar-refractivity contribution in [3.8, 4) is 11.6 Å². The molecule has 3 rings (SSSR count). The molecule has 0 aliphatic carbocycles. The van der Waals surface area contributed by atoms with Crippen molar-refractivity contribution < 1.29 is 9.66 Å². The van der Waals surface area contributed by atoms with Crippen LogP contribution in [0.4, 0.5) is 17.2 Å². The lowest BCUT2D eigenvalue weighted by Crippen LogP contribution is -2.03. The topological polar surface area (TPSA) is 90.2 Å². The summed E-state index contributed by atoms with van der Waals surface area (Å²) in [5.74, 6) is 0.191. The first-order chi connectivity index (χ1) is 12.8. The van der Waals surface area contributed by atoms with Gasteiger partial charge in [0.2, 0.25) is 5.82 Å². The monoisotopic (exact) mass is 404 g/mol. The second kappa shape index (κ2) is 7.77. The first-order valence-corrected chi connectivity index (χ1v) is 8.57. The summed E-state index contributed by atoms with van der Waals surface area (Å²) in [5.41, 5.74) is 1.84. The van der Waals surface area contributed by atoms with Gasteiger partial charge >= 0.3 is 11.6 Å². The summed E-state index contributed by atoms with van der Waals surface area (Å²) < 4.78 is 5.61. The van der Waals surface area contributed by atoms with Crippen molar-refractivity contribution in [3.05, 3.63) is 74.0 Å². The molecule has 1 heterocycles. The van der Waals surface area contributed by atoms with Gasteiger partial charge in [0, 0.05) is 15.7 Å². The molecule has 0 aliphatic heterocycles. The summed E-state index contributed by atoms with van der Waals surface area (Å²) in [6.45, 7) is 3.66. The lowest BCUT2D eigenvalue weighted by molar-refractivity contribution is -0.385. The molecule has 0 unspecified atom stereocenters. The third-order valence-corrected chi connectivity index (χ3v) is 4.58. The Morgan fingerprint density at radius 1 is 1.04 bits per heavy atom. The minimum Gasteiger partial charge on any atom is -0.434 e. The second-order valence-corrected chi connectivity index (χ2v) is 6.55. The summed E-state index contributed by atoms with van der Waals surface area (Å²) >= 11 is 12.1. The summed E-state index contributed by atoms with van der Waals surface area (Å²) in [6.07, 6.45) is 1.18. The molecular formula is C18H14Cl2N4O3. The fourth-order valence-electron chi connectivity index (χ4n) is 2.29. The van der Waals surface area contributed by atoms with Gasteiger partial charge in [0.05, 0.1) is 4.92 Å². The van der Waals surface area contributed by atoms with E-state index in [2.05, 4.69) is 15.3 Å². The third-order valence-electron chi connectivity index (χ3n) is 3.75. The van der Waals surface area contributed by atoms with E-state index in [-0.39, 0.29) is 17.4 Å². The average Bonchev–Trinajstić information content (AvgIpc) is 2.61. The van der Waals surface area contributed by atoms with Gasteiger partial charge in [-0.05, 0) is 55.3 Å². The van der Waals surface area contributed by atoms with Crippen LogP contribution in [0.1, 0.15) is 11.1 Å². The molecule has 0 fully saturated rings. The van der Waals surface area contributed by atoms with Crippen molar-refractivity contribution in [1.82, 2.24) is 9.97 Å². The van der Waals surface area contributed by atoms with Gasteiger partial charge in [-0.25, -0.2) is 4.98 Å². The van der Waals surface area contributed by atoms with Gasteiger partial charge in [-0.1, -0.05) is 29.3 Å². The summed E-state index contributed by atoms with van der Waals surface area (Å²) in [5, 5.41) is 15.6. The number of aromatic nitrogens is 2. The molecular weight excluding hydrogens is 391 g/mol. The average molecular weight is 405 g/mol. The molecule has 1 aromatic heterocycles. The zero-order chi connectivity index (χ0) is 19.6. The van der Waals surface area contributed by atoms with Crippen LogP contribution >= 0.6 is 23.2 Å². The number of rotatable bonds is 5. The quantitative estimate of drug-likeness (QED) is 0.423. The number of hydrogen-bond donors (Lipinski definition) is 1. The summed E-state index contributed by atoms with van der Waals surface area (Å²) in [7, 11) is 0. The van der Waals surface area contributed by atoms with Crippen LogP contribution in [0.5, 0.6) is 11.6 Å². The molecule has 9 heteroatoms. The molecule has 0 radical (unpaired) electrons. The van der Waals surface area contributed by atoms with Crippen LogP contribution in [0.25, 0.3) is 0 Å². The minimum atomic E-state index is -0.601. The maximum atomic E-state index is 11.6. The zero-order valence-electron chi connectivity index (χ0n) is 14.4. The highest BCUT2D eigenvalue weighted by molar-refractivity contribution is 6.31. The molecule has 7 nitrogen and oxygen atoms in total. The Morgan fingerprint density at radius 2 is 1.81 bits per heavy atom. The third kappa shape index (κ3) is 4.27. The van der Waals surface area contributed by atoms with E-state index >= 15 is 0 Å². The Labute approximate surface area is 165 Å². The van der Waals surface area contributed by atoms with E-state index < -0.39 is 4.92 Å². The van der Waals surface area contributed by atoms with Crippen LogP contribution in [0.2, 0.25) is 10.0 Å². The predicted octanol–water partition coefficient (Wildman–Crippen LogP) is 5.84. The Bertz CT molecular complexity index is 956. The molecule has 2 aromatic carbocycles. The molecule has 0 bridgehead atoms. The molecule has 0 aliphatic rings. The van der Waals surface area contributed by atoms with E-state index in [0.717, 1.165) is 11.1 Å². The number of benzene rings is 2. The molecule has 138 valence electrons. The van der Waals surface area contributed by atoms with E-state index in [1.165, 1.54) is 6.33 Å². The summed E-state index contributed by atoms with van der Waals surface area (Å²) in [6, 6.07) is 10.1. The predicted molar refractivity (Wildman–Crippen MR) is 104 cm³/mol. The van der Waals surface area contributed by atoms with E-state index in [1.807, 2.05) is 6.92 Å². The van der Waals surface area contributed by atoms with Gasteiger partial charge in [0.15, 0.2) is 0 Å². The van der Waals surface area contributed by atoms with E-state index in [4.69, 9.17) is 27.9 Å². The van der Waals surface area contributed by atoms with E-state index in [9.17, 15) is 10.1 Å². The molecule has 0 amide bonds.